The molecule has 0 aromatic heterocycles. The van der Waals surface area contributed by atoms with E-state index in [1.54, 1.807) is 0 Å². The highest BCUT2D eigenvalue weighted by atomic mass is 15.1. The van der Waals surface area contributed by atoms with Crippen molar-refractivity contribution in [2.45, 2.75) is 25.3 Å². The molecule has 1 saturated heterocycles. The SMILES string of the molecule is CN(C)CCCC1CN(C)CCC1N. The van der Waals surface area contributed by atoms with Gasteiger partial charge in [0.05, 0.1) is 0 Å². The Kier molecular flexibility index (Phi) is 4.85. The van der Waals surface area contributed by atoms with Gasteiger partial charge in [-0.15, -0.1) is 0 Å². The second-order valence-electron chi connectivity index (χ2n) is 4.92. The Hall–Kier alpha value is -0.120. The minimum absolute atomic E-state index is 0.438. The maximum Gasteiger partial charge on any atom is 0.00915 e. The van der Waals surface area contributed by atoms with Crippen molar-refractivity contribution in [3.63, 3.8) is 0 Å². The number of hydrogen-bond donors (Lipinski definition) is 1. The fourth-order valence-corrected chi connectivity index (χ4v) is 2.21. The average molecular weight is 199 g/mol. The van der Waals surface area contributed by atoms with Crippen LogP contribution < -0.4 is 5.73 Å². The van der Waals surface area contributed by atoms with Crippen LogP contribution in [-0.4, -0.2) is 56.6 Å². The summed E-state index contributed by atoms with van der Waals surface area (Å²) in [7, 11) is 6.46. The third-order valence-corrected chi connectivity index (χ3v) is 3.18. The molecule has 1 rings (SSSR count). The van der Waals surface area contributed by atoms with Crippen LogP contribution in [0.5, 0.6) is 0 Å². The third kappa shape index (κ3) is 3.95. The first-order valence-corrected chi connectivity index (χ1v) is 5.68. The van der Waals surface area contributed by atoms with E-state index in [9.17, 15) is 0 Å². The molecule has 0 aliphatic carbocycles. The van der Waals surface area contributed by atoms with Crippen molar-refractivity contribution in [1.29, 1.82) is 0 Å². The molecule has 84 valence electrons. The van der Waals surface area contributed by atoms with Gasteiger partial charge in [-0.05, 0) is 59.4 Å². The third-order valence-electron chi connectivity index (χ3n) is 3.18. The van der Waals surface area contributed by atoms with Crippen LogP contribution in [0.1, 0.15) is 19.3 Å². The molecule has 0 saturated carbocycles. The van der Waals surface area contributed by atoms with E-state index in [0.717, 1.165) is 0 Å². The summed E-state index contributed by atoms with van der Waals surface area (Å²) < 4.78 is 0. The van der Waals surface area contributed by atoms with Crippen LogP contribution in [-0.2, 0) is 0 Å². The Morgan fingerprint density at radius 3 is 2.79 bits per heavy atom. The van der Waals surface area contributed by atoms with Gasteiger partial charge in [0.25, 0.3) is 0 Å². The molecule has 1 fully saturated rings. The van der Waals surface area contributed by atoms with Gasteiger partial charge >= 0.3 is 0 Å². The van der Waals surface area contributed by atoms with Crippen molar-refractivity contribution < 1.29 is 0 Å². The van der Waals surface area contributed by atoms with Gasteiger partial charge in [0, 0.05) is 12.6 Å². The Balaban J connectivity index is 2.20. The number of piperidine rings is 1. The van der Waals surface area contributed by atoms with Crippen molar-refractivity contribution in [3.05, 3.63) is 0 Å². The summed E-state index contributed by atoms with van der Waals surface area (Å²) in [5.41, 5.74) is 6.12. The monoisotopic (exact) mass is 199 g/mol. The van der Waals surface area contributed by atoms with E-state index < -0.39 is 0 Å². The second-order valence-corrected chi connectivity index (χ2v) is 4.92. The molecule has 0 amide bonds. The lowest BCUT2D eigenvalue weighted by Crippen LogP contribution is -2.45. The number of nitrogens with zero attached hydrogens (tertiary/aromatic N) is 2. The fraction of sp³-hybridized carbons (Fsp3) is 1.00. The topological polar surface area (TPSA) is 32.5 Å². The Labute approximate surface area is 88.2 Å². The summed E-state index contributed by atoms with van der Waals surface area (Å²) in [5, 5.41) is 0. The van der Waals surface area contributed by atoms with Gasteiger partial charge in [-0.3, -0.25) is 0 Å². The van der Waals surface area contributed by atoms with E-state index in [1.807, 2.05) is 0 Å². The molecule has 1 heterocycles. The number of hydrogen-bond acceptors (Lipinski definition) is 3. The van der Waals surface area contributed by atoms with E-state index in [-0.39, 0.29) is 0 Å². The van der Waals surface area contributed by atoms with Gasteiger partial charge < -0.3 is 15.5 Å². The van der Waals surface area contributed by atoms with Crippen molar-refractivity contribution in [2.75, 3.05) is 40.8 Å². The number of rotatable bonds is 4. The normalized spacial score (nSPS) is 29.8. The number of nitrogens with two attached hydrogens (primary N) is 1. The van der Waals surface area contributed by atoms with Crippen molar-refractivity contribution in [2.24, 2.45) is 11.7 Å². The van der Waals surface area contributed by atoms with E-state index in [2.05, 4.69) is 30.9 Å². The van der Waals surface area contributed by atoms with Crippen molar-refractivity contribution in [3.8, 4) is 0 Å². The van der Waals surface area contributed by atoms with Crippen LogP contribution in [0, 0.1) is 5.92 Å². The van der Waals surface area contributed by atoms with Crippen LogP contribution in [0.25, 0.3) is 0 Å². The van der Waals surface area contributed by atoms with Gasteiger partial charge in [-0.25, -0.2) is 0 Å². The van der Waals surface area contributed by atoms with E-state index in [0.29, 0.717) is 12.0 Å². The lowest BCUT2D eigenvalue weighted by molar-refractivity contribution is 0.173. The second kappa shape index (κ2) is 5.69. The maximum atomic E-state index is 6.12. The van der Waals surface area contributed by atoms with E-state index in [1.165, 1.54) is 38.9 Å². The predicted octanol–water partition coefficient (Wildman–Crippen LogP) is 0.607. The smallest absolute Gasteiger partial charge is 0.00915 e. The Morgan fingerprint density at radius 1 is 1.43 bits per heavy atom. The zero-order chi connectivity index (χ0) is 10.6. The standard InChI is InChI=1S/C11H25N3/c1-13(2)7-4-5-10-9-14(3)8-6-11(10)12/h10-11H,4-9,12H2,1-3H3. The quantitative estimate of drug-likeness (QED) is 0.720. The van der Waals surface area contributed by atoms with Gasteiger partial charge in [0.15, 0.2) is 0 Å². The zero-order valence-electron chi connectivity index (χ0n) is 9.87. The van der Waals surface area contributed by atoms with Crippen LogP contribution in [0.15, 0.2) is 0 Å². The van der Waals surface area contributed by atoms with E-state index in [4.69, 9.17) is 5.73 Å². The summed E-state index contributed by atoms with van der Waals surface area (Å²) in [6, 6.07) is 0.438. The predicted molar refractivity (Wildman–Crippen MR) is 61.4 cm³/mol. The highest BCUT2D eigenvalue weighted by Gasteiger charge is 2.23. The lowest BCUT2D eigenvalue weighted by atomic mass is 9.89. The molecule has 0 aromatic rings. The summed E-state index contributed by atoms with van der Waals surface area (Å²) in [6.07, 6.45) is 3.73. The van der Waals surface area contributed by atoms with Crippen LogP contribution in [0.4, 0.5) is 0 Å². The minimum Gasteiger partial charge on any atom is -0.327 e. The first-order chi connectivity index (χ1) is 6.59. The molecule has 3 nitrogen and oxygen atoms in total. The van der Waals surface area contributed by atoms with Gasteiger partial charge in [-0.2, -0.15) is 0 Å². The fourth-order valence-electron chi connectivity index (χ4n) is 2.21. The molecule has 0 spiro atoms. The first kappa shape index (κ1) is 12.0. The van der Waals surface area contributed by atoms with Gasteiger partial charge in [-0.1, -0.05) is 0 Å². The maximum absolute atomic E-state index is 6.12. The molecular formula is C11H25N3. The molecular weight excluding hydrogens is 174 g/mol. The highest BCUT2D eigenvalue weighted by Crippen LogP contribution is 2.19. The zero-order valence-corrected chi connectivity index (χ0v) is 9.87. The minimum atomic E-state index is 0.438. The van der Waals surface area contributed by atoms with Gasteiger partial charge in [0.2, 0.25) is 0 Å². The van der Waals surface area contributed by atoms with Crippen LogP contribution in [0.2, 0.25) is 0 Å². The average Bonchev–Trinajstić information content (AvgIpc) is 2.10. The van der Waals surface area contributed by atoms with E-state index >= 15 is 0 Å². The molecule has 0 aromatic carbocycles. The van der Waals surface area contributed by atoms with Crippen LogP contribution in [0.3, 0.4) is 0 Å². The van der Waals surface area contributed by atoms with Crippen molar-refractivity contribution in [1.82, 2.24) is 9.80 Å². The highest BCUT2D eigenvalue weighted by molar-refractivity contribution is 4.81. The summed E-state index contributed by atoms with van der Waals surface area (Å²) in [4.78, 5) is 4.65. The molecule has 14 heavy (non-hydrogen) atoms. The summed E-state index contributed by atoms with van der Waals surface area (Å²) >= 11 is 0. The molecule has 2 atom stereocenters. The molecule has 3 heteroatoms. The molecule has 1 aliphatic rings. The first-order valence-electron chi connectivity index (χ1n) is 5.68. The molecule has 2 N–H and O–H groups in total. The Bertz CT molecular complexity index is 159. The van der Waals surface area contributed by atoms with Crippen molar-refractivity contribution >= 4 is 0 Å². The Morgan fingerprint density at radius 2 is 2.14 bits per heavy atom. The van der Waals surface area contributed by atoms with Gasteiger partial charge in [0.1, 0.15) is 0 Å². The summed E-state index contributed by atoms with van der Waals surface area (Å²) in [5.74, 6) is 0.716. The largest absolute Gasteiger partial charge is 0.327 e. The molecule has 0 bridgehead atoms. The summed E-state index contributed by atoms with van der Waals surface area (Å²) in [6.45, 7) is 3.55. The lowest BCUT2D eigenvalue weighted by Gasteiger charge is -2.35. The number of likely N-dealkylation sites (tertiary alicyclic amines) is 1. The molecule has 1 aliphatic heterocycles. The van der Waals surface area contributed by atoms with Crippen LogP contribution >= 0.6 is 0 Å². The molecule has 2 unspecified atom stereocenters. The molecule has 0 radical (unpaired) electrons.